The van der Waals surface area contributed by atoms with E-state index in [2.05, 4.69) is 15.4 Å². The average molecular weight is 292 g/mol. The minimum Gasteiger partial charge on any atom is -0.468 e. The van der Waals surface area contributed by atoms with E-state index in [1.54, 1.807) is 30.3 Å². The first kappa shape index (κ1) is 16.7. The second kappa shape index (κ2) is 8.04. The van der Waals surface area contributed by atoms with Gasteiger partial charge in [0, 0.05) is 5.56 Å². The van der Waals surface area contributed by atoms with Crippen LogP contribution in [0.1, 0.15) is 24.2 Å². The third-order valence-electron chi connectivity index (χ3n) is 2.91. The number of esters is 1. The van der Waals surface area contributed by atoms with Crippen LogP contribution in [0.2, 0.25) is 0 Å². The Morgan fingerprint density at radius 1 is 1.14 bits per heavy atom. The monoisotopic (exact) mass is 292 g/mol. The summed E-state index contributed by atoms with van der Waals surface area (Å²) in [7, 11) is 1.24. The highest BCUT2D eigenvalue weighted by Gasteiger charge is 2.24. The van der Waals surface area contributed by atoms with Gasteiger partial charge in [0.1, 0.15) is 12.6 Å². The van der Waals surface area contributed by atoms with Gasteiger partial charge in [-0.3, -0.25) is 14.4 Å². The van der Waals surface area contributed by atoms with E-state index in [-0.39, 0.29) is 18.4 Å². The van der Waals surface area contributed by atoms with Gasteiger partial charge < -0.3 is 15.4 Å². The number of nitrogens with one attached hydrogen (secondary N) is 2. The molecule has 0 aliphatic rings. The second-order valence-corrected chi connectivity index (χ2v) is 4.86. The molecule has 0 spiro atoms. The zero-order valence-corrected chi connectivity index (χ0v) is 12.4. The summed E-state index contributed by atoms with van der Waals surface area (Å²) in [5.74, 6) is -1.40. The fraction of sp³-hybridized carbons (Fsp3) is 0.400. The smallest absolute Gasteiger partial charge is 0.325 e. The maximum absolute atomic E-state index is 12.1. The number of hydrogen-bond donors (Lipinski definition) is 2. The number of carbonyl (C=O) groups excluding carboxylic acids is 3. The molecule has 1 aromatic rings. The molecular weight excluding hydrogens is 272 g/mol. The third kappa shape index (κ3) is 5.25. The van der Waals surface area contributed by atoms with Gasteiger partial charge in [-0.05, 0) is 18.1 Å². The first-order chi connectivity index (χ1) is 9.95. The average Bonchev–Trinajstić information content (AvgIpc) is 2.50. The predicted octanol–water partition coefficient (Wildman–Crippen LogP) is 0.730. The summed E-state index contributed by atoms with van der Waals surface area (Å²) in [6.45, 7) is 3.40. The molecule has 0 bridgehead atoms. The van der Waals surface area contributed by atoms with Crippen LogP contribution >= 0.6 is 0 Å². The zero-order chi connectivity index (χ0) is 15.8. The van der Waals surface area contributed by atoms with Crippen molar-refractivity contribution in [3.8, 4) is 0 Å². The van der Waals surface area contributed by atoms with E-state index in [9.17, 15) is 14.4 Å². The predicted molar refractivity (Wildman–Crippen MR) is 77.6 cm³/mol. The lowest BCUT2D eigenvalue weighted by atomic mass is 10.0. The van der Waals surface area contributed by atoms with Gasteiger partial charge in [0.15, 0.2) is 0 Å². The van der Waals surface area contributed by atoms with Crippen molar-refractivity contribution in [1.29, 1.82) is 0 Å². The highest BCUT2D eigenvalue weighted by atomic mass is 16.5. The van der Waals surface area contributed by atoms with Crippen molar-refractivity contribution in [2.75, 3.05) is 13.7 Å². The number of ether oxygens (including phenoxy) is 1. The summed E-state index contributed by atoms with van der Waals surface area (Å²) in [5, 5.41) is 5.11. The Morgan fingerprint density at radius 3 is 2.29 bits per heavy atom. The van der Waals surface area contributed by atoms with Gasteiger partial charge in [0.2, 0.25) is 5.91 Å². The number of carbonyl (C=O) groups is 3. The van der Waals surface area contributed by atoms with Crippen LogP contribution in [0.25, 0.3) is 0 Å². The minimum absolute atomic E-state index is 0.115. The van der Waals surface area contributed by atoms with Crippen LogP contribution in [0, 0.1) is 5.92 Å². The van der Waals surface area contributed by atoms with E-state index in [1.807, 2.05) is 13.8 Å². The van der Waals surface area contributed by atoms with Crippen molar-refractivity contribution in [2.24, 2.45) is 5.92 Å². The summed E-state index contributed by atoms with van der Waals surface area (Å²) in [4.78, 5) is 35.1. The van der Waals surface area contributed by atoms with E-state index in [4.69, 9.17) is 0 Å². The second-order valence-electron chi connectivity index (χ2n) is 4.86. The van der Waals surface area contributed by atoms with E-state index >= 15 is 0 Å². The maximum atomic E-state index is 12.1. The molecule has 0 aliphatic carbocycles. The Labute approximate surface area is 123 Å². The van der Waals surface area contributed by atoms with Gasteiger partial charge in [-0.15, -0.1) is 0 Å². The summed E-state index contributed by atoms with van der Waals surface area (Å²) in [6, 6.07) is 7.91. The molecule has 6 nitrogen and oxygen atoms in total. The van der Waals surface area contributed by atoms with Gasteiger partial charge in [-0.2, -0.15) is 0 Å². The van der Waals surface area contributed by atoms with E-state index in [1.165, 1.54) is 7.11 Å². The first-order valence-electron chi connectivity index (χ1n) is 6.66. The SMILES string of the molecule is COC(=O)CNC(=O)[C@@H](NC(=O)c1ccccc1)C(C)C. The molecule has 0 heterocycles. The molecule has 0 aliphatic heterocycles. The van der Waals surface area contributed by atoms with E-state index in [0.29, 0.717) is 5.56 Å². The molecule has 0 fully saturated rings. The molecule has 0 aromatic heterocycles. The van der Waals surface area contributed by atoms with Crippen molar-refractivity contribution < 1.29 is 19.1 Å². The molecule has 6 heteroatoms. The van der Waals surface area contributed by atoms with Gasteiger partial charge in [0.05, 0.1) is 7.11 Å². The van der Waals surface area contributed by atoms with Crippen molar-refractivity contribution in [2.45, 2.75) is 19.9 Å². The Bertz CT molecular complexity index is 500. The zero-order valence-electron chi connectivity index (χ0n) is 12.4. The van der Waals surface area contributed by atoms with Crippen LogP contribution in [0.5, 0.6) is 0 Å². The highest BCUT2D eigenvalue weighted by molar-refractivity contribution is 5.97. The molecule has 1 aromatic carbocycles. The molecule has 1 rings (SSSR count). The van der Waals surface area contributed by atoms with Crippen LogP contribution in [0.3, 0.4) is 0 Å². The van der Waals surface area contributed by atoms with E-state index in [0.717, 1.165) is 0 Å². The van der Waals surface area contributed by atoms with Crippen LogP contribution in [-0.4, -0.2) is 37.5 Å². The van der Waals surface area contributed by atoms with Gasteiger partial charge in [-0.1, -0.05) is 32.0 Å². The normalized spacial score (nSPS) is 11.6. The fourth-order valence-electron chi connectivity index (χ4n) is 1.69. The Morgan fingerprint density at radius 2 is 1.76 bits per heavy atom. The summed E-state index contributed by atoms with van der Waals surface area (Å²) >= 11 is 0. The van der Waals surface area contributed by atoms with Gasteiger partial charge in [0.25, 0.3) is 5.91 Å². The molecule has 2 N–H and O–H groups in total. The standard InChI is InChI=1S/C15H20N2O4/c1-10(2)13(15(20)16-9-12(18)21-3)17-14(19)11-7-5-4-6-8-11/h4-8,10,13H,9H2,1-3H3,(H,16,20)(H,17,19)/t13-/m0/s1. The van der Waals surface area contributed by atoms with Crippen LogP contribution < -0.4 is 10.6 Å². The number of rotatable bonds is 6. The molecule has 2 amide bonds. The van der Waals surface area contributed by atoms with Gasteiger partial charge in [-0.25, -0.2) is 0 Å². The lowest BCUT2D eigenvalue weighted by molar-refractivity contribution is -0.141. The van der Waals surface area contributed by atoms with Crippen molar-refractivity contribution >= 4 is 17.8 Å². The van der Waals surface area contributed by atoms with Gasteiger partial charge >= 0.3 is 5.97 Å². The maximum Gasteiger partial charge on any atom is 0.325 e. The highest BCUT2D eigenvalue weighted by Crippen LogP contribution is 2.05. The number of amides is 2. The lowest BCUT2D eigenvalue weighted by Crippen LogP contribution is -2.50. The molecule has 0 saturated carbocycles. The minimum atomic E-state index is -0.720. The number of hydrogen-bond acceptors (Lipinski definition) is 4. The largest absolute Gasteiger partial charge is 0.468 e. The topological polar surface area (TPSA) is 84.5 Å². The number of benzene rings is 1. The summed E-state index contributed by atoms with van der Waals surface area (Å²) in [6.07, 6.45) is 0. The molecule has 0 saturated heterocycles. The Kier molecular flexibility index (Phi) is 6.39. The number of methoxy groups -OCH3 is 1. The molecular formula is C15H20N2O4. The van der Waals surface area contributed by atoms with Crippen molar-refractivity contribution in [1.82, 2.24) is 10.6 Å². The Hall–Kier alpha value is -2.37. The molecule has 114 valence electrons. The summed E-state index contributed by atoms with van der Waals surface area (Å²) in [5.41, 5.74) is 0.476. The molecule has 21 heavy (non-hydrogen) atoms. The molecule has 0 radical (unpaired) electrons. The van der Waals surface area contributed by atoms with Crippen LogP contribution in [0.4, 0.5) is 0 Å². The van der Waals surface area contributed by atoms with Crippen molar-refractivity contribution in [3.05, 3.63) is 35.9 Å². The first-order valence-corrected chi connectivity index (χ1v) is 6.66. The lowest BCUT2D eigenvalue weighted by Gasteiger charge is -2.21. The van der Waals surface area contributed by atoms with Crippen LogP contribution in [-0.2, 0) is 14.3 Å². The Balaban J connectivity index is 2.67. The fourth-order valence-corrected chi connectivity index (χ4v) is 1.69. The quantitative estimate of drug-likeness (QED) is 0.757. The molecule has 1 atom stereocenters. The molecule has 0 unspecified atom stereocenters. The van der Waals surface area contributed by atoms with Crippen molar-refractivity contribution in [3.63, 3.8) is 0 Å². The van der Waals surface area contributed by atoms with E-state index < -0.39 is 17.9 Å². The third-order valence-corrected chi connectivity index (χ3v) is 2.91. The summed E-state index contributed by atoms with van der Waals surface area (Å²) < 4.78 is 4.45. The van der Waals surface area contributed by atoms with Crippen LogP contribution in [0.15, 0.2) is 30.3 Å².